The lowest BCUT2D eigenvalue weighted by Gasteiger charge is -2.17. The molecule has 2 atom stereocenters. The number of amides is 1. The summed E-state index contributed by atoms with van der Waals surface area (Å²) in [6.07, 6.45) is 0. The minimum absolute atomic E-state index is 0.0470. The maximum absolute atomic E-state index is 11.8. The van der Waals surface area contributed by atoms with Crippen LogP contribution in [0.25, 0.3) is 0 Å². The predicted molar refractivity (Wildman–Crippen MR) is 76.5 cm³/mol. The molecular weight excluding hydrogens is 246 g/mol. The zero-order valence-electron chi connectivity index (χ0n) is 12.5. The fraction of sp³-hybridized carbons (Fsp3) is 0.833. The van der Waals surface area contributed by atoms with Gasteiger partial charge in [0.15, 0.2) is 0 Å². The molecule has 7 nitrogen and oxygen atoms in total. The number of rotatable bonds is 7. The van der Waals surface area contributed by atoms with Crippen molar-refractivity contribution in [3.05, 3.63) is 0 Å². The Kier molecular flexibility index (Phi) is 8.90. The van der Waals surface area contributed by atoms with E-state index in [9.17, 15) is 4.79 Å². The molecule has 7 heteroatoms. The van der Waals surface area contributed by atoms with Gasteiger partial charge in [-0.05, 0) is 19.8 Å². The first-order valence-corrected chi connectivity index (χ1v) is 6.48. The summed E-state index contributed by atoms with van der Waals surface area (Å²) in [7, 11) is 1.62. The van der Waals surface area contributed by atoms with Gasteiger partial charge in [-0.1, -0.05) is 13.8 Å². The first kappa shape index (κ1) is 17.7. The average Bonchev–Trinajstić information content (AvgIpc) is 2.34. The number of hydrogen-bond acceptors (Lipinski definition) is 4. The maximum atomic E-state index is 11.8. The molecule has 0 aliphatic rings. The van der Waals surface area contributed by atoms with Crippen LogP contribution in [0.15, 0.2) is 4.99 Å². The summed E-state index contributed by atoms with van der Waals surface area (Å²) in [5.41, 5.74) is 2.45. The van der Waals surface area contributed by atoms with Crippen LogP contribution in [0, 0.1) is 5.92 Å². The summed E-state index contributed by atoms with van der Waals surface area (Å²) in [5.74, 6) is 6.03. The highest BCUT2D eigenvalue weighted by Gasteiger charge is 2.13. The van der Waals surface area contributed by atoms with E-state index in [0.29, 0.717) is 25.0 Å². The molecule has 0 radical (unpaired) electrons. The molecule has 0 saturated heterocycles. The Hall–Kier alpha value is -1.34. The molecule has 0 aromatic rings. The van der Waals surface area contributed by atoms with Gasteiger partial charge in [-0.3, -0.25) is 10.2 Å². The van der Waals surface area contributed by atoms with Crippen molar-refractivity contribution in [2.24, 2.45) is 16.8 Å². The van der Waals surface area contributed by atoms with Crippen molar-refractivity contribution in [3.63, 3.8) is 0 Å². The Labute approximate surface area is 115 Å². The highest BCUT2D eigenvalue weighted by molar-refractivity contribution is 5.86. The molecule has 112 valence electrons. The van der Waals surface area contributed by atoms with Crippen molar-refractivity contribution >= 4 is 11.9 Å². The summed E-state index contributed by atoms with van der Waals surface area (Å²) in [4.78, 5) is 16.0. The van der Waals surface area contributed by atoms with Gasteiger partial charge >= 0.3 is 0 Å². The lowest BCUT2D eigenvalue weighted by molar-refractivity contribution is -0.122. The van der Waals surface area contributed by atoms with E-state index in [1.165, 1.54) is 0 Å². The molecule has 2 unspecified atom stereocenters. The van der Waals surface area contributed by atoms with E-state index in [-0.39, 0.29) is 11.9 Å². The van der Waals surface area contributed by atoms with E-state index in [0.717, 1.165) is 0 Å². The standard InChI is InChI=1S/C12H27N5O2/c1-8(2)6-14-11(18)10(4)16-12(17-13)15-9(3)7-19-5/h8-10H,6-7,13H2,1-5H3,(H,14,18)(H2,15,16,17). The van der Waals surface area contributed by atoms with Crippen molar-refractivity contribution in [3.8, 4) is 0 Å². The molecule has 5 N–H and O–H groups in total. The smallest absolute Gasteiger partial charge is 0.244 e. The highest BCUT2D eigenvalue weighted by atomic mass is 16.5. The monoisotopic (exact) mass is 273 g/mol. The van der Waals surface area contributed by atoms with E-state index >= 15 is 0 Å². The Morgan fingerprint density at radius 1 is 1.32 bits per heavy atom. The first-order chi connectivity index (χ1) is 8.90. The minimum atomic E-state index is -0.507. The van der Waals surface area contributed by atoms with Crippen LogP contribution in [0.3, 0.4) is 0 Å². The molecule has 1 amide bonds. The molecule has 0 spiro atoms. The van der Waals surface area contributed by atoms with E-state index in [4.69, 9.17) is 10.6 Å². The molecule has 0 bridgehead atoms. The van der Waals surface area contributed by atoms with Crippen LogP contribution in [-0.2, 0) is 9.53 Å². The Morgan fingerprint density at radius 3 is 2.42 bits per heavy atom. The van der Waals surface area contributed by atoms with Crippen LogP contribution in [0.2, 0.25) is 0 Å². The second-order valence-electron chi connectivity index (χ2n) is 4.94. The molecule has 0 saturated carbocycles. The van der Waals surface area contributed by atoms with Gasteiger partial charge in [-0.15, -0.1) is 0 Å². The number of nitrogens with zero attached hydrogens (tertiary/aromatic N) is 1. The maximum Gasteiger partial charge on any atom is 0.244 e. The fourth-order valence-electron chi connectivity index (χ4n) is 1.35. The second-order valence-corrected chi connectivity index (χ2v) is 4.94. The molecule has 0 aromatic carbocycles. The molecule has 19 heavy (non-hydrogen) atoms. The third-order valence-corrected chi connectivity index (χ3v) is 2.32. The van der Waals surface area contributed by atoms with E-state index in [1.807, 2.05) is 20.8 Å². The van der Waals surface area contributed by atoms with Crippen LogP contribution >= 0.6 is 0 Å². The van der Waals surface area contributed by atoms with Crippen LogP contribution in [0.4, 0.5) is 0 Å². The number of hydrogen-bond donors (Lipinski definition) is 4. The number of ether oxygens (including phenoxy) is 1. The van der Waals surface area contributed by atoms with Crippen LogP contribution in [-0.4, -0.2) is 44.2 Å². The van der Waals surface area contributed by atoms with Gasteiger partial charge in [0.05, 0.1) is 6.61 Å². The van der Waals surface area contributed by atoms with Gasteiger partial charge in [0.2, 0.25) is 11.9 Å². The minimum Gasteiger partial charge on any atom is -0.383 e. The number of nitrogens with two attached hydrogens (primary N) is 1. The number of methoxy groups -OCH3 is 1. The summed E-state index contributed by atoms with van der Waals surface area (Å²) in [6.45, 7) is 8.88. The highest BCUT2D eigenvalue weighted by Crippen LogP contribution is 1.93. The van der Waals surface area contributed by atoms with Crippen LogP contribution < -0.4 is 21.9 Å². The normalized spacial score (nSPS) is 15.0. The van der Waals surface area contributed by atoms with Gasteiger partial charge < -0.3 is 15.4 Å². The van der Waals surface area contributed by atoms with Gasteiger partial charge in [0.1, 0.15) is 6.04 Å². The lowest BCUT2D eigenvalue weighted by atomic mass is 10.2. The number of guanidine groups is 1. The molecule has 0 fully saturated rings. The summed E-state index contributed by atoms with van der Waals surface area (Å²) >= 11 is 0. The van der Waals surface area contributed by atoms with Crippen molar-refractivity contribution in [1.82, 2.24) is 16.1 Å². The Bertz CT molecular complexity index is 294. The average molecular weight is 273 g/mol. The zero-order chi connectivity index (χ0) is 14.8. The first-order valence-electron chi connectivity index (χ1n) is 6.48. The number of hydrazine groups is 1. The molecule has 0 heterocycles. The molecule has 0 aromatic heterocycles. The number of aliphatic imine (C=N–C) groups is 1. The molecule has 0 aliphatic heterocycles. The third kappa shape index (κ3) is 8.39. The zero-order valence-corrected chi connectivity index (χ0v) is 12.5. The molecule has 0 aliphatic carbocycles. The summed E-state index contributed by atoms with van der Waals surface area (Å²) < 4.78 is 5.00. The van der Waals surface area contributed by atoms with Crippen molar-refractivity contribution < 1.29 is 9.53 Å². The Morgan fingerprint density at radius 2 is 1.95 bits per heavy atom. The summed E-state index contributed by atoms with van der Waals surface area (Å²) in [5, 5.41) is 5.85. The Balaban J connectivity index is 4.38. The quantitative estimate of drug-likeness (QED) is 0.219. The van der Waals surface area contributed by atoms with Gasteiger partial charge in [-0.25, -0.2) is 10.8 Å². The third-order valence-electron chi connectivity index (χ3n) is 2.32. The van der Waals surface area contributed by atoms with Crippen molar-refractivity contribution in [2.45, 2.75) is 39.8 Å². The molecular formula is C12H27N5O2. The fourth-order valence-corrected chi connectivity index (χ4v) is 1.35. The van der Waals surface area contributed by atoms with Crippen molar-refractivity contribution in [1.29, 1.82) is 0 Å². The largest absolute Gasteiger partial charge is 0.383 e. The van der Waals surface area contributed by atoms with Gasteiger partial charge in [0.25, 0.3) is 0 Å². The lowest BCUT2D eigenvalue weighted by Crippen LogP contribution is -2.48. The van der Waals surface area contributed by atoms with Gasteiger partial charge in [0, 0.05) is 19.7 Å². The van der Waals surface area contributed by atoms with E-state index < -0.39 is 6.04 Å². The van der Waals surface area contributed by atoms with Gasteiger partial charge in [-0.2, -0.15) is 0 Å². The topological polar surface area (TPSA) is 101 Å². The number of carbonyl (C=O) groups excluding carboxylic acids is 1. The molecule has 0 rings (SSSR count). The second kappa shape index (κ2) is 9.57. The van der Waals surface area contributed by atoms with E-state index in [1.54, 1.807) is 14.0 Å². The number of nitrogens with one attached hydrogen (secondary N) is 3. The number of carbonyl (C=O) groups is 1. The predicted octanol–water partition coefficient (Wildman–Crippen LogP) is -0.409. The van der Waals surface area contributed by atoms with E-state index in [2.05, 4.69) is 21.1 Å². The SMILES string of the molecule is COCC(C)NC(=NC(C)C(=O)NCC(C)C)NN. The summed E-state index contributed by atoms with van der Waals surface area (Å²) in [6, 6.07) is -0.460. The van der Waals surface area contributed by atoms with Crippen LogP contribution in [0.5, 0.6) is 0 Å². The van der Waals surface area contributed by atoms with Crippen LogP contribution in [0.1, 0.15) is 27.7 Å². The van der Waals surface area contributed by atoms with Crippen molar-refractivity contribution in [2.75, 3.05) is 20.3 Å².